The zero-order valence-corrected chi connectivity index (χ0v) is 15.2. The van der Waals surface area contributed by atoms with Gasteiger partial charge in [0, 0.05) is 6.54 Å². The first-order chi connectivity index (χ1) is 11.1. The number of methoxy groups -OCH3 is 1. The molecule has 0 heterocycles. The van der Waals surface area contributed by atoms with Crippen LogP contribution in [0.4, 0.5) is 0 Å². The average Bonchev–Trinajstić information content (AvgIpc) is 2.53. The molecule has 0 bridgehead atoms. The van der Waals surface area contributed by atoms with E-state index in [-0.39, 0.29) is 0 Å². The van der Waals surface area contributed by atoms with Gasteiger partial charge in [0.2, 0.25) is 0 Å². The Labute approximate surface area is 144 Å². The molecule has 5 nitrogen and oxygen atoms in total. The summed E-state index contributed by atoms with van der Waals surface area (Å²) in [6.45, 7) is 7.86. The van der Waals surface area contributed by atoms with E-state index in [1.165, 1.54) is 0 Å². The fourth-order valence-corrected chi connectivity index (χ4v) is 1.88. The normalized spacial score (nSPS) is 10.8. The molecule has 0 atom stereocenters. The van der Waals surface area contributed by atoms with Crippen molar-refractivity contribution in [1.82, 2.24) is 10.7 Å². The number of hydrazone groups is 1. The Balaban J connectivity index is 2.56. The minimum atomic E-state index is 0.464. The molecular weight excluding hydrogens is 310 g/mol. The largest absolute Gasteiger partial charge is 0.493 e. The van der Waals surface area contributed by atoms with Crippen LogP contribution in [-0.2, 0) is 0 Å². The van der Waals surface area contributed by atoms with Crippen LogP contribution in [0.25, 0.3) is 0 Å². The molecule has 0 aliphatic carbocycles. The molecule has 0 aliphatic heterocycles. The van der Waals surface area contributed by atoms with E-state index in [1.807, 2.05) is 18.2 Å². The van der Waals surface area contributed by atoms with Crippen molar-refractivity contribution in [3.63, 3.8) is 0 Å². The third-order valence-electron chi connectivity index (χ3n) is 2.96. The maximum absolute atomic E-state index is 5.73. The van der Waals surface area contributed by atoms with Gasteiger partial charge in [0.05, 0.1) is 19.9 Å². The van der Waals surface area contributed by atoms with Gasteiger partial charge in [-0.1, -0.05) is 27.2 Å². The van der Waals surface area contributed by atoms with Gasteiger partial charge in [-0.3, -0.25) is 5.43 Å². The number of nitrogens with one attached hydrogen (secondary N) is 2. The first-order valence-electron chi connectivity index (χ1n) is 7.94. The third kappa shape index (κ3) is 7.83. The van der Waals surface area contributed by atoms with Crippen LogP contribution < -0.4 is 20.2 Å². The number of nitrogens with zero attached hydrogens (tertiary/aromatic N) is 1. The zero-order valence-electron chi connectivity index (χ0n) is 14.4. The minimum Gasteiger partial charge on any atom is -0.493 e. The summed E-state index contributed by atoms with van der Waals surface area (Å²) in [6, 6.07) is 5.70. The van der Waals surface area contributed by atoms with Crippen molar-refractivity contribution >= 4 is 23.5 Å². The lowest BCUT2D eigenvalue weighted by molar-refractivity contribution is 0.257. The molecule has 0 unspecified atom stereocenters. The van der Waals surface area contributed by atoms with Gasteiger partial charge in [-0.2, -0.15) is 5.10 Å². The topological polar surface area (TPSA) is 54.9 Å². The summed E-state index contributed by atoms with van der Waals surface area (Å²) in [7, 11) is 1.63. The van der Waals surface area contributed by atoms with Crippen LogP contribution in [0.3, 0.4) is 0 Å². The minimum absolute atomic E-state index is 0.464. The first kappa shape index (κ1) is 19.2. The third-order valence-corrected chi connectivity index (χ3v) is 3.19. The van der Waals surface area contributed by atoms with Crippen molar-refractivity contribution in [2.45, 2.75) is 33.6 Å². The Hall–Kier alpha value is -1.82. The number of hydrogen-bond acceptors (Lipinski definition) is 4. The number of thiocarbonyl (C=S) groups is 1. The molecule has 0 saturated carbocycles. The summed E-state index contributed by atoms with van der Waals surface area (Å²) in [5, 5.41) is 7.74. The molecule has 6 heteroatoms. The Kier molecular flexibility index (Phi) is 9.05. The van der Waals surface area contributed by atoms with Crippen molar-refractivity contribution in [3.05, 3.63) is 23.8 Å². The summed E-state index contributed by atoms with van der Waals surface area (Å²) >= 11 is 5.13. The lowest BCUT2D eigenvalue weighted by Gasteiger charge is -2.12. The highest BCUT2D eigenvalue weighted by Crippen LogP contribution is 2.27. The smallest absolute Gasteiger partial charge is 0.186 e. The predicted molar refractivity (Wildman–Crippen MR) is 99.6 cm³/mol. The van der Waals surface area contributed by atoms with Crippen molar-refractivity contribution in [2.24, 2.45) is 11.0 Å². The molecule has 0 spiro atoms. The molecule has 0 aliphatic rings. The second-order valence-electron chi connectivity index (χ2n) is 5.59. The van der Waals surface area contributed by atoms with Crippen LogP contribution in [0.5, 0.6) is 11.5 Å². The molecule has 0 saturated heterocycles. The molecule has 0 amide bonds. The van der Waals surface area contributed by atoms with Gasteiger partial charge < -0.3 is 14.8 Å². The van der Waals surface area contributed by atoms with Gasteiger partial charge >= 0.3 is 0 Å². The maximum Gasteiger partial charge on any atom is 0.186 e. The van der Waals surface area contributed by atoms with Crippen LogP contribution in [0.1, 0.15) is 39.2 Å². The van der Waals surface area contributed by atoms with Crippen LogP contribution in [-0.4, -0.2) is 31.6 Å². The Morgan fingerprint density at radius 1 is 1.35 bits per heavy atom. The fraction of sp³-hybridized carbons (Fsp3) is 0.529. The van der Waals surface area contributed by atoms with Crippen LogP contribution in [0.2, 0.25) is 0 Å². The molecule has 1 rings (SSSR count). The molecule has 0 radical (unpaired) electrons. The summed E-state index contributed by atoms with van der Waals surface area (Å²) in [4.78, 5) is 0. The van der Waals surface area contributed by atoms with E-state index in [0.717, 1.165) is 30.7 Å². The highest BCUT2D eigenvalue weighted by Gasteiger charge is 2.06. The van der Waals surface area contributed by atoms with E-state index in [9.17, 15) is 0 Å². The van der Waals surface area contributed by atoms with E-state index < -0.39 is 0 Å². The first-order valence-corrected chi connectivity index (χ1v) is 8.35. The van der Waals surface area contributed by atoms with Gasteiger partial charge in [0.25, 0.3) is 0 Å². The van der Waals surface area contributed by atoms with Crippen molar-refractivity contribution in [1.29, 1.82) is 0 Å². The molecule has 0 aromatic heterocycles. The monoisotopic (exact) mass is 337 g/mol. The second-order valence-corrected chi connectivity index (χ2v) is 6.00. The van der Waals surface area contributed by atoms with Gasteiger partial charge in [0.1, 0.15) is 0 Å². The zero-order chi connectivity index (χ0) is 17.1. The average molecular weight is 337 g/mol. The predicted octanol–water partition coefficient (Wildman–Crippen LogP) is 3.33. The highest BCUT2D eigenvalue weighted by atomic mass is 32.1. The van der Waals surface area contributed by atoms with Crippen molar-refractivity contribution < 1.29 is 9.47 Å². The maximum atomic E-state index is 5.73. The Bertz CT molecular complexity index is 519. The van der Waals surface area contributed by atoms with Crippen molar-refractivity contribution in [3.8, 4) is 11.5 Å². The molecule has 23 heavy (non-hydrogen) atoms. The van der Waals surface area contributed by atoms with Gasteiger partial charge in [-0.15, -0.1) is 0 Å². The summed E-state index contributed by atoms with van der Waals surface area (Å²) in [5.41, 5.74) is 3.71. The van der Waals surface area contributed by atoms with Crippen LogP contribution in [0, 0.1) is 5.92 Å². The Morgan fingerprint density at radius 2 is 2.13 bits per heavy atom. The van der Waals surface area contributed by atoms with E-state index in [1.54, 1.807) is 13.3 Å². The molecule has 1 aromatic carbocycles. The molecule has 128 valence electrons. The van der Waals surface area contributed by atoms with Crippen molar-refractivity contribution in [2.75, 3.05) is 20.3 Å². The SMILES string of the molecule is CCCCNC(=S)N/N=C\c1ccc(OCC(C)C)c(OC)c1. The van der Waals surface area contributed by atoms with E-state index >= 15 is 0 Å². The lowest BCUT2D eigenvalue weighted by Crippen LogP contribution is -2.32. The summed E-state index contributed by atoms with van der Waals surface area (Å²) in [5.74, 6) is 1.90. The number of unbranched alkanes of at least 4 members (excludes halogenated alkanes) is 1. The standard InChI is InChI=1S/C17H27N3O2S/c1-5-6-9-18-17(23)20-19-11-14-7-8-15(16(10-14)21-4)22-12-13(2)3/h7-8,10-11,13H,5-6,9,12H2,1-4H3,(H2,18,20,23)/b19-11-. The van der Waals surface area contributed by atoms with Gasteiger partial charge in [0.15, 0.2) is 16.6 Å². The van der Waals surface area contributed by atoms with Crippen LogP contribution >= 0.6 is 12.2 Å². The fourth-order valence-electron chi connectivity index (χ4n) is 1.72. The number of rotatable bonds is 9. The molecule has 1 aromatic rings. The molecule has 0 fully saturated rings. The quantitative estimate of drug-likeness (QED) is 0.313. The van der Waals surface area contributed by atoms with Crippen LogP contribution in [0.15, 0.2) is 23.3 Å². The van der Waals surface area contributed by atoms with E-state index in [0.29, 0.717) is 23.4 Å². The van der Waals surface area contributed by atoms with E-state index in [2.05, 4.69) is 36.6 Å². The Morgan fingerprint density at radius 3 is 2.78 bits per heavy atom. The molecular formula is C17H27N3O2S. The van der Waals surface area contributed by atoms with Gasteiger partial charge in [-0.25, -0.2) is 0 Å². The van der Waals surface area contributed by atoms with Gasteiger partial charge in [-0.05, 0) is 48.3 Å². The number of ether oxygens (including phenoxy) is 2. The second kappa shape index (κ2) is 10.8. The highest BCUT2D eigenvalue weighted by molar-refractivity contribution is 7.80. The number of hydrogen-bond donors (Lipinski definition) is 2. The summed E-state index contributed by atoms with van der Waals surface area (Å²) in [6.07, 6.45) is 3.91. The number of benzene rings is 1. The lowest BCUT2D eigenvalue weighted by atomic mass is 10.2. The van der Waals surface area contributed by atoms with E-state index in [4.69, 9.17) is 21.7 Å². The molecule has 2 N–H and O–H groups in total. The summed E-state index contributed by atoms with van der Waals surface area (Å²) < 4.78 is 11.1.